The topological polar surface area (TPSA) is 70.6 Å². The lowest BCUT2D eigenvalue weighted by molar-refractivity contribution is 0.280. The first-order chi connectivity index (χ1) is 10.2. The van der Waals surface area contributed by atoms with Gasteiger partial charge in [-0.15, -0.1) is 0 Å². The maximum Gasteiger partial charge on any atom is 0.147 e. The van der Waals surface area contributed by atoms with E-state index in [9.17, 15) is 0 Å². The Bertz CT molecular complexity index is 441. The number of hydrogen-bond acceptors (Lipinski definition) is 3. The number of nitrogens with two attached hydrogens (primary N) is 1. The minimum absolute atomic E-state index is 0.0813. The molecule has 4 N–H and O–H groups in total. The van der Waals surface area contributed by atoms with Gasteiger partial charge in [-0.25, -0.2) is 0 Å². The standard InChI is InChI=1S/C17H27N3O/c1-13(14-8-4-2-5-9-14)19-12-16(17(18)20-21)15-10-6-3-7-11-15/h3,6-7,10-11,13-14,16,19,21H,2,4-5,8-9,12H2,1H3,(H2,18,20)/t13-,16?/m0/s1. The predicted molar refractivity (Wildman–Crippen MR) is 86.6 cm³/mol. The molecule has 1 aromatic rings. The molecule has 1 unspecified atom stereocenters. The maximum atomic E-state index is 9.02. The van der Waals surface area contributed by atoms with Crippen molar-refractivity contribution in [3.05, 3.63) is 35.9 Å². The molecule has 4 nitrogen and oxygen atoms in total. The monoisotopic (exact) mass is 289 g/mol. The number of nitrogens with one attached hydrogen (secondary N) is 1. The van der Waals surface area contributed by atoms with Gasteiger partial charge in [-0.2, -0.15) is 0 Å². The van der Waals surface area contributed by atoms with Crippen LogP contribution < -0.4 is 11.1 Å². The molecule has 2 rings (SSSR count). The molecule has 116 valence electrons. The zero-order chi connectivity index (χ0) is 15.1. The Labute approximate surface area is 127 Å². The van der Waals surface area contributed by atoms with Crippen LogP contribution in [-0.4, -0.2) is 23.6 Å². The summed E-state index contributed by atoms with van der Waals surface area (Å²) in [6.45, 7) is 2.96. The van der Waals surface area contributed by atoms with E-state index in [1.54, 1.807) is 0 Å². The summed E-state index contributed by atoms with van der Waals surface area (Å²) in [6, 6.07) is 10.5. The normalized spacial score (nSPS) is 20.1. The molecule has 1 saturated carbocycles. The smallest absolute Gasteiger partial charge is 0.147 e. The Morgan fingerprint density at radius 1 is 1.29 bits per heavy atom. The van der Waals surface area contributed by atoms with E-state index in [0.29, 0.717) is 12.6 Å². The number of hydrogen-bond donors (Lipinski definition) is 3. The highest BCUT2D eigenvalue weighted by Gasteiger charge is 2.22. The Morgan fingerprint density at radius 2 is 1.95 bits per heavy atom. The van der Waals surface area contributed by atoms with Gasteiger partial charge in [-0.05, 0) is 31.2 Å². The first kappa shape index (κ1) is 15.8. The molecule has 0 saturated heterocycles. The number of amidine groups is 1. The van der Waals surface area contributed by atoms with Crippen molar-refractivity contribution in [2.75, 3.05) is 6.54 Å². The summed E-state index contributed by atoms with van der Waals surface area (Å²) in [6.07, 6.45) is 6.69. The summed E-state index contributed by atoms with van der Waals surface area (Å²) in [5, 5.41) is 15.8. The van der Waals surface area contributed by atoms with Crippen molar-refractivity contribution < 1.29 is 5.21 Å². The van der Waals surface area contributed by atoms with E-state index >= 15 is 0 Å². The van der Waals surface area contributed by atoms with Crippen molar-refractivity contribution in [1.29, 1.82) is 0 Å². The fourth-order valence-corrected chi connectivity index (χ4v) is 3.25. The third-order valence-corrected chi connectivity index (χ3v) is 4.68. The van der Waals surface area contributed by atoms with Gasteiger partial charge in [0.2, 0.25) is 0 Å². The predicted octanol–water partition coefficient (Wildman–Crippen LogP) is 3.08. The van der Waals surface area contributed by atoms with Gasteiger partial charge in [0.05, 0.1) is 5.92 Å². The number of rotatable bonds is 6. The van der Waals surface area contributed by atoms with E-state index in [2.05, 4.69) is 17.4 Å². The van der Waals surface area contributed by atoms with Gasteiger partial charge in [0.1, 0.15) is 5.84 Å². The van der Waals surface area contributed by atoms with Crippen molar-refractivity contribution in [2.24, 2.45) is 16.8 Å². The van der Waals surface area contributed by atoms with Crippen LogP contribution in [0.3, 0.4) is 0 Å². The van der Waals surface area contributed by atoms with Gasteiger partial charge in [0.25, 0.3) is 0 Å². The fourth-order valence-electron chi connectivity index (χ4n) is 3.25. The minimum atomic E-state index is -0.0813. The van der Waals surface area contributed by atoms with Gasteiger partial charge in [0, 0.05) is 12.6 Å². The molecule has 1 fully saturated rings. The molecule has 21 heavy (non-hydrogen) atoms. The summed E-state index contributed by atoms with van der Waals surface area (Å²) < 4.78 is 0. The second-order valence-corrected chi connectivity index (χ2v) is 6.08. The van der Waals surface area contributed by atoms with Crippen LogP contribution in [0.25, 0.3) is 0 Å². The van der Waals surface area contributed by atoms with Gasteiger partial charge in [-0.3, -0.25) is 0 Å². The molecule has 0 spiro atoms. The van der Waals surface area contributed by atoms with E-state index in [0.717, 1.165) is 11.5 Å². The zero-order valence-corrected chi connectivity index (χ0v) is 12.8. The van der Waals surface area contributed by atoms with Gasteiger partial charge in [0.15, 0.2) is 0 Å². The van der Waals surface area contributed by atoms with Crippen LogP contribution in [-0.2, 0) is 0 Å². The van der Waals surface area contributed by atoms with Crippen LogP contribution in [0.15, 0.2) is 35.5 Å². The minimum Gasteiger partial charge on any atom is -0.409 e. The fraction of sp³-hybridized carbons (Fsp3) is 0.588. The molecule has 2 atom stereocenters. The van der Waals surface area contributed by atoms with Gasteiger partial charge in [-0.1, -0.05) is 54.8 Å². The van der Waals surface area contributed by atoms with Crippen LogP contribution >= 0.6 is 0 Å². The molecule has 0 aliphatic heterocycles. The molecule has 0 heterocycles. The lowest BCUT2D eigenvalue weighted by Crippen LogP contribution is -2.40. The Balaban J connectivity index is 1.96. The van der Waals surface area contributed by atoms with Crippen LogP contribution in [0, 0.1) is 5.92 Å². The first-order valence-electron chi connectivity index (χ1n) is 7.98. The largest absolute Gasteiger partial charge is 0.409 e. The highest BCUT2D eigenvalue weighted by Crippen LogP contribution is 2.26. The van der Waals surface area contributed by atoms with E-state index in [-0.39, 0.29) is 11.8 Å². The lowest BCUT2D eigenvalue weighted by atomic mass is 9.84. The van der Waals surface area contributed by atoms with E-state index in [1.165, 1.54) is 32.1 Å². The Kier molecular flexibility index (Phi) is 6.05. The Hall–Kier alpha value is -1.55. The molecular weight excluding hydrogens is 262 g/mol. The van der Waals surface area contributed by atoms with Crippen molar-refractivity contribution in [3.8, 4) is 0 Å². The summed E-state index contributed by atoms with van der Waals surface area (Å²) in [5.74, 6) is 0.939. The molecule has 1 aromatic carbocycles. The molecule has 0 radical (unpaired) electrons. The quantitative estimate of drug-likeness (QED) is 0.326. The average Bonchev–Trinajstić information content (AvgIpc) is 2.56. The molecule has 0 amide bonds. The van der Waals surface area contributed by atoms with Crippen molar-refractivity contribution in [3.63, 3.8) is 0 Å². The third kappa shape index (κ3) is 4.46. The molecule has 1 aliphatic rings. The summed E-state index contributed by atoms with van der Waals surface area (Å²) >= 11 is 0. The average molecular weight is 289 g/mol. The van der Waals surface area contributed by atoms with E-state index in [4.69, 9.17) is 10.9 Å². The van der Waals surface area contributed by atoms with Crippen molar-refractivity contribution in [2.45, 2.75) is 51.0 Å². The number of benzene rings is 1. The van der Waals surface area contributed by atoms with Gasteiger partial charge >= 0.3 is 0 Å². The SMILES string of the molecule is C[C@H](NCC(/C(N)=N/O)c1ccccc1)C1CCCCC1. The number of nitrogens with zero attached hydrogens (tertiary/aromatic N) is 1. The van der Waals surface area contributed by atoms with Crippen molar-refractivity contribution >= 4 is 5.84 Å². The first-order valence-corrected chi connectivity index (χ1v) is 7.98. The van der Waals surface area contributed by atoms with Crippen molar-refractivity contribution in [1.82, 2.24) is 5.32 Å². The van der Waals surface area contributed by atoms with Crippen LogP contribution in [0.1, 0.15) is 50.5 Å². The summed E-state index contributed by atoms with van der Waals surface area (Å²) in [7, 11) is 0. The second kappa shape index (κ2) is 8.03. The Morgan fingerprint density at radius 3 is 2.57 bits per heavy atom. The molecule has 1 aliphatic carbocycles. The van der Waals surface area contributed by atoms with Crippen LogP contribution in [0.2, 0.25) is 0 Å². The summed E-state index contributed by atoms with van der Waals surface area (Å²) in [4.78, 5) is 0. The van der Waals surface area contributed by atoms with E-state index in [1.807, 2.05) is 30.3 Å². The van der Waals surface area contributed by atoms with Gasteiger partial charge < -0.3 is 16.3 Å². The third-order valence-electron chi connectivity index (χ3n) is 4.68. The molecule has 4 heteroatoms. The number of oxime groups is 1. The molecule has 0 bridgehead atoms. The molecule has 0 aromatic heterocycles. The summed E-state index contributed by atoms with van der Waals surface area (Å²) in [5.41, 5.74) is 6.95. The van der Waals surface area contributed by atoms with Crippen LogP contribution in [0.5, 0.6) is 0 Å². The lowest BCUT2D eigenvalue weighted by Gasteiger charge is -2.29. The second-order valence-electron chi connectivity index (χ2n) is 6.08. The highest BCUT2D eigenvalue weighted by atomic mass is 16.4. The molecular formula is C17H27N3O. The maximum absolute atomic E-state index is 9.02. The van der Waals surface area contributed by atoms with Crippen LogP contribution in [0.4, 0.5) is 0 Å². The highest BCUT2D eigenvalue weighted by molar-refractivity contribution is 5.87. The zero-order valence-electron chi connectivity index (χ0n) is 12.8. The van der Waals surface area contributed by atoms with E-state index < -0.39 is 0 Å².